The SMILES string of the molecule is O=c1ccoc2cc(/C=C/c3ccccc3)ccc12. The lowest BCUT2D eigenvalue weighted by atomic mass is 10.1. The summed E-state index contributed by atoms with van der Waals surface area (Å²) in [7, 11) is 0. The van der Waals surface area contributed by atoms with E-state index in [0.717, 1.165) is 11.1 Å². The van der Waals surface area contributed by atoms with Crippen LogP contribution in [-0.4, -0.2) is 0 Å². The largest absolute Gasteiger partial charge is 0.464 e. The third-order valence-corrected chi connectivity index (χ3v) is 2.95. The number of benzene rings is 2. The Bertz CT molecular complexity index is 783. The van der Waals surface area contributed by atoms with E-state index in [4.69, 9.17) is 4.42 Å². The van der Waals surface area contributed by atoms with Crippen molar-refractivity contribution in [1.29, 1.82) is 0 Å². The van der Waals surface area contributed by atoms with Crippen LogP contribution in [0, 0.1) is 0 Å². The predicted molar refractivity (Wildman–Crippen MR) is 77.9 cm³/mol. The minimum absolute atomic E-state index is 0.0140. The highest BCUT2D eigenvalue weighted by atomic mass is 16.3. The lowest BCUT2D eigenvalue weighted by Gasteiger charge is -1.98. The molecule has 92 valence electrons. The Morgan fingerprint density at radius 1 is 0.842 bits per heavy atom. The molecule has 0 spiro atoms. The molecule has 0 fully saturated rings. The fourth-order valence-electron chi connectivity index (χ4n) is 1.96. The van der Waals surface area contributed by atoms with Crippen molar-refractivity contribution in [1.82, 2.24) is 0 Å². The summed E-state index contributed by atoms with van der Waals surface area (Å²) in [5.41, 5.74) is 2.74. The summed E-state index contributed by atoms with van der Waals surface area (Å²) in [5.74, 6) is 0. The maximum Gasteiger partial charge on any atom is 0.192 e. The van der Waals surface area contributed by atoms with Crippen molar-refractivity contribution in [3.05, 3.63) is 82.2 Å². The van der Waals surface area contributed by atoms with E-state index in [1.165, 1.54) is 12.3 Å². The summed E-state index contributed by atoms with van der Waals surface area (Å²) >= 11 is 0. The smallest absolute Gasteiger partial charge is 0.192 e. The molecule has 0 bridgehead atoms. The first-order valence-corrected chi connectivity index (χ1v) is 6.08. The van der Waals surface area contributed by atoms with Crippen LogP contribution in [0.3, 0.4) is 0 Å². The molecule has 0 saturated carbocycles. The van der Waals surface area contributed by atoms with Gasteiger partial charge < -0.3 is 4.42 Å². The summed E-state index contributed by atoms with van der Waals surface area (Å²) in [4.78, 5) is 11.6. The molecular formula is C17H12O2. The molecule has 0 N–H and O–H groups in total. The molecule has 0 atom stereocenters. The Kier molecular flexibility index (Phi) is 2.99. The fraction of sp³-hybridized carbons (Fsp3) is 0. The Hall–Kier alpha value is -2.61. The summed E-state index contributed by atoms with van der Waals surface area (Å²) in [6.45, 7) is 0. The van der Waals surface area contributed by atoms with Crippen LogP contribution in [0.1, 0.15) is 11.1 Å². The summed E-state index contributed by atoms with van der Waals surface area (Å²) in [6, 6.07) is 17.1. The maximum absolute atomic E-state index is 11.6. The van der Waals surface area contributed by atoms with Gasteiger partial charge in [-0.3, -0.25) is 4.79 Å². The van der Waals surface area contributed by atoms with E-state index in [0.29, 0.717) is 11.0 Å². The minimum atomic E-state index is -0.0140. The molecule has 3 aromatic rings. The molecule has 19 heavy (non-hydrogen) atoms. The summed E-state index contributed by atoms with van der Waals surface area (Å²) in [5, 5.41) is 0.611. The van der Waals surface area contributed by atoms with Crippen LogP contribution in [0.4, 0.5) is 0 Å². The molecule has 0 saturated heterocycles. The van der Waals surface area contributed by atoms with Crippen molar-refractivity contribution in [2.45, 2.75) is 0 Å². The summed E-state index contributed by atoms with van der Waals surface area (Å²) < 4.78 is 5.35. The average Bonchev–Trinajstić information content (AvgIpc) is 2.46. The standard InChI is InChI=1S/C17H12O2/c18-16-10-11-19-17-12-14(8-9-15(16)17)7-6-13-4-2-1-3-5-13/h1-12H/b7-6+. The molecule has 3 rings (SSSR count). The monoisotopic (exact) mass is 248 g/mol. The van der Waals surface area contributed by atoms with Crippen LogP contribution >= 0.6 is 0 Å². The highest BCUT2D eigenvalue weighted by molar-refractivity contribution is 5.81. The highest BCUT2D eigenvalue weighted by Crippen LogP contribution is 2.15. The van der Waals surface area contributed by atoms with E-state index in [2.05, 4.69) is 0 Å². The van der Waals surface area contributed by atoms with Gasteiger partial charge in [0.1, 0.15) is 5.58 Å². The quantitative estimate of drug-likeness (QED) is 0.642. The van der Waals surface area contributed by atoms with Crippen LogP contribution in [0.25, 0.3) is 23.1 Å². The third kappa shape index (κ3) is 2.47. The Morgan fingerprint density at radius 3 is 2.47 bits per heavy atom. The molecule has 0 unspecified atom stereocenters. The second-order valence-corrected chi connectivity index (χ2v) is 4.28. The molecular weight excluding hydrogens is 236 g/mol. The number of hydrogen-bond acceptors (Lipinski definition) is 2. The fourth-order valence-corrected chi connectivity index (χ4v) is 1.96. The zero-order valence-electron chi connectivity index (χ0n) is 10.2. The minimum Gasteiger partial charge on any atom is -0.464 e. The van der Waals surface area contributed by atoms with Crippen molar-refractivity contribution < 1.29 is 4.42 Å². The second kappa shape index (κ2) is 4.94. The van der Waals surface area contributed by atoms with Crippen molar-refractivity contribution >= 4 is 23.1 Å². The normalized spacial score (nSPS) is 11.2. The van der Waals surface area contributed by atoms with Gasteiger partial charge in [0.05, 0.1) is 11.6 Å². The van der Waals surface area contributed by atoms with E-state index in [9.17, 15) is 4.79 Å². The topological polar surface area (TPSA) is 30.2 Å². The third-order valence-electron chi connectivity index (χ3n) is 2.95. The van der Waals surface area contributed by atoms with Gasteiger partial charge in [0.15, 0.2) is 5.43 Å². The van der Waals surface area contributed by atoms with Gasteiger partial charge in [-0.05, 0) is 23.3 Å². The molecule has 0 radical (unpaired) electrons. The summed E-state index contributed by atoms with van der Waals surface area (Å²) in [6.07, 6.45) is 5.46. The van der Waals surface area contributed by atoms with E-state index < -0.39 is 0 Å². The van der Waals surface area contributed by atoms with Gasteiger partial charge in [0, 0.05) is 6.07 Å². The molecule has 0 amide bonds. The lowest BCUT2D eigenvalue weighted by molar-refractivity contribution is 0.602. The van der Waals surface area contributed by atoms with Gasteiger partial charge in [-0.1, -0.05) is 48.6 Å². The zero-order chi connectivity index (χ0) is 13.1. The average molecular weight is 248 g/mol. The van der Waals surface area contributed by atoms with E-state index >= 15 is 0 Å². The molecule has 0 aliphatic rings. The Labute approximate surface area is 110 Å². The molecule has 1 heterocycles. The number of rotatable bonds is 2. The molecule has 1 aromatic heterocycles. The van der Waals surface area contributed by atoms with E-state index in [-0.39, 0.29) is 5.43 Å². The molecule has 2 nitrogen and oxygen atoms in total. The molecule has 0 aliphatic heterocycles. The van der Waals surface area contributed by atoms with Crippen LogP contribution in [0.2, 0.25) is 0 Å². The Morgan fingerprint density at radius 2 is 1.63 bits per heavy atom. The van der Waals surface area contributed by atoms with Gasteiger partial charge in [-0.2, -0.15) is 0 Å². The number of hydrogen-bond donors (Lipinski definition) is 0. The van der Waals surface area contributed by atoms with E-state index in [1.807, 2.05) is 54.6 Å². The zero-order valence-corrected chi connectivity index (χ0v) is 10.2. The van der Waals surface area contributed by atoms with Crippen LogP contribution in [-0.2, 0) is 0 Å². The molecule has 2 aromatic carbocycles. The molecule has 0 aliphatic carbocycles. The molecule has 2 heteroatoms. The van der Waals surface area contributed by atoms with Crippen LogP contribution in [0.5, 0.6) is 0 Å². The predicted octanol–water partition coefficient (Wildman–Crippen LogP) is 3.96. The first-order valence-electron chi connectivity index (χ1n) is 6.08. The van der Waals surface area contributed by atoms with Gasteiger partial charge in [-0.15, -0.1) is 0 Å². The first kappa shape index (κ1) is 11.5. The maximum atomic E-state index is 11.6. The van der Waals surface area contributed by atoms with Crippen molar-refractivity contribution in [3.8, 4) is 0 Å². The van der Waals surface area contributed by atoms with Crippen LogP contribution < -0.4 is 5.43 Å². The van der Waals surface area contributed by atoms with Gasteiger partial charge in [0.25, 0.3) is 0 Å². The lowest BCUT2D eigenvalue weighted by Crippen LogP contribution is -1.97. The van der Waals surface area contributed by atoms with Gasteiger partial charge in [-0.25, -0.2) is 0 Å². The Balaban J connectivity index is 1.98. The van der Waals surface area contributed by atoms with Crippen LogP contribution in [0.15, 0.2) is 70.1 Å². The number of fused-ring (bicyclic) bond motifs is 1. The van der Waals surface area contributed by atoms with Crippen molar-refractivity contribution in [3.63, 3.8) is 0 Å². The first-order chi connectivity index (χ1) is 9.33. The second-order valence-electron chi connectivity index (χ2n) is 4.28. The van der Waals surface area contributed by atoms with Gasteiger partial charge in [0.2, 0.25) is 0 Å². The van der Waals surface area contributed by atoms with E-state index in [1.54, 1.807) is 6.07 Å². The highest BCUT2D eigenvalue weighted by Gasteiger charge is 1.99. The van der Waals surface area contributed by atoms with Crippen molar-refractivity contribution in [2.75, 3.05) is 0 Å². The van der Waals surface area contributed by atoms with Gasteiger partial charge >= 0.3 is 0 Å². The van der Waals surface area contributed by atoms with Crippen molar-refractivity contribution in [2.24, 2.45) is 0 Å².